The van der Waals surface area contributed by atoms with Gasteiger partial charge in [-0.2, -0.15) is 0 Å². The summed E-state index contributed by atoms with van der Waals surface area (Å²) in [7, 11) is 3.19. The Balaban J connectivity index is 1.52. The standard InChI is InChI=1S/C22H22N2O5S/c1-4-24(11-14-5-7-18-20(9-14)29-13-28-18)22(25)16-12-30-21(23-16)15-6-8-17(26-2)19(10-15)27-3/h5-10,12H,4,11,13H2,1-3H3. The van der Waals surface area contributed by atoms with Crippen LogP contribution in [0.15, 0.2) is 41.8 Å². The molecule has 1 aliphatic rings. The zero-order chi connectivity index (χ0) is 21.1. The minimum Gasteiger partial charge on any atom is -0.493 e. The number of methoxy groups -OCH3 is 2. The van der Waals surface area contributed by atoms with Crippen molar-refractivity contribution < 1.29 is 23.7 Å². The van der Waals surface area contributed by atoms with Crippen molar-refractivity contribution in [1.82, 2.24) is 9.88 Å². The molecule has 2 aromatic carbocycles. The highest BCUT2D eigenvalue weighted by Gasteiger charge is 2.20. The molecule has 0 radical (unpaired) electrons. The van der Waals surface area contributed by atoms with E-state index in [9.17, 15) is 4.79 Å². The molecule has 156 valence electrons. The van der Waals surface area contributed by atoms with Gasteiger partial charge in [-0.25, -0.2) is 4.98 Å². The third-order valence-electron chi connectivity index (χ3n) is 4.83. The third-order valence-corrected chi connectivity index (χ3v) is 5.72. The number of carbonyl (C=O) groups excluding carboxylic acids is 1. The number of nitrogens with zero attached hydrogens (tertiary/aromatic N) is 2. The first-order chi connectivity index (χ1) is 14.6. The van der Waals surface area contributed by atoms with Gasteiger partial charge >= 0.3 is 0 Å². The van der Waals surface area contributed by atoms with Crippen LogP contribution in [0.1, 0.15) is 23.0 Å². The fourth-order valence-corrected chi connectivity index (χ4v) is 4.01. The average Bonchev–Trinajstić information content (AvgIpc) is 3.46. The van der Waals surface area contributed by atoms with E-state index in [4.69, 9.17) is 18.9 Å². The number of aromatic nitrogens is 1. The normalized spacial score (nSPS) is 12.0. The third kappa shape index (κ3) is 3.91. The summed E-state index contributed by atoms with van der Waals surface area (Å²) in [5, 5.41) is 2.54. The van der Waals surface area contributed by atoms with Gasteiger partial charge in [0, 0.05) is 24.0 Å². The molecule has 30 heavy (non-hydrogen) atoms. The Morgan fingerprint density at radius 2 is 1.90 bits per heavy atom. The van der Waals surface area contributed by atoms with E-state index in [-0.39, 0.29) is 12.7 Å². The smallest absolute Gasteiger partial charge is 0.273 e. The summed E-state index contributed by atoms with van der Waals surface area (Å²) in [6.07, 6.45) is 0. The lowest BCUT2D eigenvalue weighted by Gasteiger charge is -2.20. The quantitative estimate of drug-likeness (QED) is 0.563. The van der Waals surface area contributed by atoms with Crippen molar-refractivity contribution in [1.29, 1.82) is 0 Å². The van der Waals surface area contributed by atoms with Crippen LogP contribution in [-0.2, 0) is 6.54 Å². The number of hydrogen-bond acceptors (Lipinski definition) is 7. The highest BCUT2D eigenvalue weighted by Crippen LogP contribution is 2.34. The Morgan fingerprint density at radius 3 is 2.67 bits per heavy atom. The van der Waals surface area contributed by atoms with Crippen LogP contribution >= 0.6 is 11.3 Å². The van der Waals surface area contributed by atoms with Gasteiger partial charge in [0.05, 0.1) is 14.2 Å². The number of benzene rings is 2. The minimum atomic E-state index is -0.113. The lowest BCUT2D eigenvalue weighted by atomic mass is 10.2. The van der Waals surface area contributed by atoms with Crippen LogP contribution < -0.4 is 18.9 Å². The van der Waals surface area contributed by atoms with Crippen molar-refractivity contribution in [3.63, 3.8) is 0 Å². The van der Waals surface area contributed by atoms with Gasteiger partial charge in [0.15, 0.2) is 23.0 Å². The van der Waals surface area contributed by atoms with E-state index >= 15 is 0 Å². The van der Waals surface area contributed by atoms with E-state index in [0.717, 1.165) is 21.9 Å². The van der Waals surface area contributed by atoms with Crippen molar-refractivity contribution in [3.8, 4) is 33.6 Å². The SMILES string of the molecule is CCN(Cc1ccc2c(c1)OCO2)C(=O)c1csc(-c2ccc(OC)c(OC)c2)n1. The number of hydrogen-bond donors (Lipinski definition) is 0. The number of fused-ring (bicyclic) bond motifs is 1. The Kier molecular flexibility index (Phi) is 5.76. The molecule has 0 N–H and O–H groups in total. The van der Waals surface area contributed by atoms with Gasteiger partial charge < -0.3 is 23.8 Å². The van der Waals surface area contributed by atoms with Crippen molar-refractivity contribution >= 4 is 17.2 Å². The second-order valence-electron chi connectivity index (χ2n) is 6.61. The summed E-state index contributed by atoms with van der Waals surface area (Å²) in [4.78, 5) is 19.4. The minimum absolute atomic E-state index is 0.113. The topological polar surface area (TPSA) is 70.1 Å². The summed E-state index contributed by atoms with van der Waals surface area (Å²) >= 11 is 1.42. The van der Waals surface area contributed by atoms with Crippen molar-refractivity contribution in [3.05, 3.63) is 53.0 Å². The van der Waals surface area contributed by atoms with Crippen molar-refractivity contribution in [2.24, 2.45) is 0 Å². The van der Waals surface area contributed by atoms with E-state index < -0.39 is 0 Å². The molecule has 0 saturated carbocycles. The highest BCUT2D eigenvalue weighted by atomic mass is 32.1. The predicted octanol–water partition coefficient (Wildman–Crippen LogP) is 4.22. The molecule has 4 rings (SSSR count). The molecule has 0 aliphatic carbocycles. The first-order valence-corrected chi connectivity index (χ1v) is 10.4. The molecule has 0 bridgehead atoms. The molecule has 0 atom stereocenters. The lowest BCUT2D eigenvalue weighted by molar-refractivity contribution is 0.0747. The zero-order valence-corrected chi connectivity index (χ0v) is 17.8. The molecule has 8 heteroatoms. The molecule has 3 aromatic rings. The Bertz CT molecular complexity index is 1070. The molecular weight excluding hydrogens is 404 g/mol. The monoisotopic (exact) mass is 426 g/mol. The lowest BCUT2D eigenvalue weighted by Crippen LogP contribution is -2.30. The maximum Gasteiger partial charge on any atom is 0.273 e. The molecule has 0 unspecified atom stereocenters. The van der Waals surface area contributed by atoms with Crippen LogP contribution in [0, 0.1) is 0 Å². The molecule has 1 aromatic heterocycles. The fraction of sp³-hybridized carbons (Fsp3) is 0.273. The summed E-state index contributed by atoms with van der Waals surface area (Å²) in [6.45, 7) is 3.21. The van der Waals surface area contributed by atoms with Crippen LogP contribution in [0.2, 0.25) is 0 Å². The summed E-state index contributed by atoms with van der Waals surface area (Å²) in [5.41, 5.74) is 2.27. The first kappa shape index (κ1) is 20.0. The highest BCUT2D eigenvalue weighted by molar-refractivity contribution is 7.13. The molecule has 0 spiro atoms. The first-order valence-electron chi connectivity index (χ1n) is 9.48. The van der Waals surface area contributed by atoms with Crippen LogP contribution in [0.5, 0.6) is 23.0 Å². The molecule has 7 nitrogen and oxygen atoms in total. The van der Waals surface area contributed by atoms with Gasteiger partial charge in [0.25, 0.3) is 5.91 Å². The van der Waals surface area contributed by atoms with Crippen LogP contribution in [0.4, 0.5) is 0 Å². The number of ether oxygens (including phenoxy) is 4. The van der Waals surface area contributed by atoms with Crippen LogP contribution in [0.25, 0.3) is 10.6 Å². The Morgan fingerprint density at radius 1 is 1.10 bits per heavy atom. The van der Waals surface area contributed by atoms with Gasteiger partial charge in [-0.1, -0.05) is 6.07 Å². The van der Waals surface area contributed by atoms with E-state index in [2.05, 4.69) is 4.98 Å². The molecule has 0 fully saturated rings. The van der Waals surface area contributed by atoms with Crippen LogP contribution in [-0.4, -0.2) is 43.3 Å². The van der Waals surface area contributed by atoms with Crippen LogP contribution in [0.3, 0.4) is 0 Å². The summed E-state index contributed by atoms with van der Waals surface area (Å²) in [5.74, 6) is 2.59. The van der Waals surface area contributed by atoms with Gasteiger partial charge in [-0.05, 0) is 42.8 Å². The second-order valence-corrected chi connectivity index (χ2v) is 7.47. The maximum atomic E-state index is 13.1. The molecule has 1 amide bonds. The molecule has 2 heterocycles. The van der Waals surface area contributed by atoms with E-state index in [0.29, 0.717) is 36.0 Å². The van der Waals surface area contributed by atoms with E-state index in [1.807, 2.05) is 43.3 Å². The average molecular weight is 426 g/mol. The van der Waals surface area contributed by atoms with Crippen molar-refractivity contribution in [2.75, 3.05) is 27.6 Å². The summed E-state index contributed by atoms with van der Waals surface area (Å²) in [6, 6.07) is 11.3. The Labute approximate surface area is 178 Å². The number of thiazole rings is 1. The fourth-order valence-electron chi connectivity index (χ4n) is 3.22. The maximum absolute atomic E-state index is 13.1. The summed E-state index contributed by atoms with van der Waals surface area (Å²) < 4.78 is 21.4. The molecular formula is C22H22N2O5S. The van der Waals surface area contributed by atoms with Gasteiger partial charge in [-0.3, -0.25) is 4.79 Å². The van der Waals surface area contributed by atoms with E-state index in [1.165, 1.54) is 11.3 Å². The number of carbonyl (C=O) groups is 1. The molecule has 1 aliphatic heterocycles. The predicted molar refractivity (Wildman–Crippen MR) is 114 cm³/mol. The zero-order valence-electron chi connectivity index (χ0n) is 17.0. The Hall–Kier alpha value is -3.26. The largest absolute Gasteiger partial charge is 0.493 e. The second kappa shape index (κ2) is 8.62. The number of rotatable bonds is 7. The van der Waals surface area contributed by atoms with Gasteiger partial charge in [0.1, 0.15) is 10.7 Å². The molecule has 0 saturated heterocycles. The van der Waals surface area contributed by atoms with Gasteiger partial charge in [-0.15, -0.1) is 11.3 Å². The number of amides is 1. The van der Waals surface area contributed by atoms with Gasteiger partial charge in [0.2, 0.25) is 6.79 Å². The van der Waals surface area contributed by atoms with E-state index in [1.54, 1.807) is 24.5 Å². The van der Waals surface area contributed by atoms with Crippen molar-refractivity contribution in [2.45, 2.75) is 13.5 Å².